The van der Waals surface area contributed by atoms with Gasteiger partial charge in [0.25, 0.3) is 0 Å². The lowest BCUT2D eigenvalue weighted by atomic mass is 10.2. The van der Waals surface area contributed by atoms with Crippen LogP contribution in [-0.4, -0.2) is 35.2 Å². The van der Waals surface area contributed by atoms with E-state index < -0.39 is 17.1 Å². The van der Waals surface area contributed by atoms with E-state index in [2.05, 4.69) is 10.2 Å². The van der Waals surface area contributed by atoms with Gasteiger partial charge in [0.15, 0.2) is 16.7 Å². The largest absolute Gasteiger partial charge is 0.454 e. The molecule has 2 aliphatic rings. The molecule has 11 heteroatoms. The first-order valence-corrected chi connectivity index (χ1v) is 10.3. The number of amidine groups is 1. The number of nitrogens with zero attached hydrogens (tertiary/aromatic N) is 3. The molecule has 2 aromatic rings. The lowest BCUT2D eigenvalue weighted by Crippen LogP contribution is -2.32. The van der Waals surface area contributed by atoms with E-state index in [-0.39, 0.29) is 29.1 Å². The van der Waals surface area contributed by atoms with Crippen LogP contribution in [0, 0.1) is 0 Å². The number of halogens is 2. The van der Waals surface area contributed by atoms with Gasteiger partial charge >= 0.3 is 0 Å². The molecule has 0 aromatic heterocycles. The van der Waals surface area contributed by atoms with Crippen LogP contribution in [0.25, 0.3) is 0 Å². The summed E-state index contributed by atoms with van der Waals surface area (Å²) in [5.41, 5.74) is 6.87. The van der Waals surface area contributed by atoms with E-state index in [1.165, 1.54) is 18.3 Å². The molecule has 0 saturated carbocycles. The third-order valence-electron chi connectivity index (χ3n) is 4.28. The van der Waals surface area contributed by atoms with Crippen LogP contribution in [-0.2, 0) is 9.59 Å². The van der Waals surface area contributed by atoms with Crippen molar-refractivity contribution in [2.24, 2.45) is 15.9 Å². The number of hydrogen-bond acceptors (Lipinski definition) is 7. The average Bonchev–Trinajstić information content (AvgIpc) is 3.28. The summed E-state index contributed by atoms with van der Waals surface area (Å²) in [6.45, 7) is 0.184. The van der Waals surface area contributed by atoms with Crippen molar-refractivity contribution in [1.29, 1.82) is 0 Å². The smallest absolute Gasteiger partial charge is 0.247 e. The number of ether oxygens (including phenoxy) is 2. The molecule has 0 bridgehead atoms. The van der Waals surface area contributed by atoms with Gasteiger partial charge in [0.1, 0.15) is 5.25 Å². The van der Waals surface area contributed by atoms with Crippen molar-refractivity contribution in [2.45, 2.75) is 11.7 Å². The Labute approximate surface area is 185 Å². The van der Waals surface area contributed by atoms with E-state index in [0.717, 1.165) is 22.2 Å². The van der Waals surface area contributed by atoms with Crippen LogP contribution < -0.4 is 20.1 Å². The highest BCUT2D eigenvalue weighted by molar-refractivity contribution is 8.14. The summed E-state index contributed by atoms with van der Waals surface area (Å²) in [6, 6.07) is 9.90. The van der Waals surface area contributed by atoms with Crippen LogP contribution in [0.4, 0.5) is 5.69 Å². The number of carbonyl (C=O) groups is 2. The van der Waals surface area contributed by atoms with Gasteiger partial charge in [-0.05, 0) is 42.0 Å². The minimum absolute atomic E-state index is 0.0333. The van der Waals surface area contributed by atoms with Crippen molar-refractivity contribution in [3.05, 3.63) is 52.0 Å². The highest BCUT2D eigenvalue weighted by atomic mass is 35.5. The minimum atomic E-state index is -0.725. The van der Waals surface area contributed by atoms with Gasteiger partial charge < -0.3 is 15.2 Å². The fourth-order valence-electron chi connectivity index (χ4n) is 2.92. The monoisotopic (exact) mass is 464 g/mol. The second-order valence-corrected chi connectivity index (χ2v) is 8.34. The maximum atomic E-state index is 12.7. The molecule has 0 radical (unpaired) electrons. The third kappa shape index (κ3) is 4.23. The standard InChI is InChI=1S/C19H14Cl2N4O4S/c20-11-2-3-12(21)13(6-11)25-17(26)7-16(18(25)27)30-19(22)24-23-8-10-1-4-14-15(5-10)29-9-28-14/h1-6,8,16H,7,9H2,(H2,22,24). The summed E-state index contributed by atoms with van der Waals surface area (Å²) in [5.74, 6) is 0.463. The summed E-state index contributed by atoms with van der Waals surface area (Å²) < 4.78 is 10.5. The molecular weight excluding hydrogens is 451 g/mol. The molecule has 1 fully saturated rings. The number of carbonyl (C=O) groups excluding carboxylic acids is 2. The summed E-state index contributed by atoms with van der Waals surface area (Å²) in [7, 11) is 0. The van der Waals surface area contributed by atoms with Crippen molar-refractivity contribution in [1.82, 2.24) is 0 Å². The van der Waals surface area contributed by atoms with Crippen LogP contribution in [0.3, 0.4) is 0 Å². The van der Waals surface area contributed by atoms with Crippen LogP contribution in [0.2, 0.25) is 10.0 Å². The van der Waals surface area contributed by atoms with Gasteiger partial charge in [0, 0.05) is 11.4 Å². The Bertz CT molecular complexity index is 1090. The number of amides is 2. The highest BCUT2D eigenvalue weighted by Gasteiger charge is 2.41. The average molecular weight is 465 g/mol. The molecule has 4 rings (SSSR count). The Morgan fingerprint density at radius 1 is 1.17 bits per heavy atom. The summed E-state index contributed by atoms with van der Waals surface area (Å²) in [5, 5.41) is 7.76. The summed E-state index contributed by atoms with van der Waals surface area (Å²) in [4.78, 5) is 26.1. The molecule has 30 heavy (non-hydrogen) atoms. The Kier molecular flexibility index (Phi) is 5.85. The second kappa shape index (κ2) is 8.55. The molecule has 0 aliphatic carbocycles. The molecule has 2 heterocycles. The molecule has 1 atom stereocenters. The Morgan fingerprint density at radius 2 is 1.97 bits per heavy atom. The van der Waals surface area contributed by atoms with E-state index in [0.29, 0.717) is 16.5 Å². The second-order valence-electron chi connectivity index (χ2n) is 6.27. The van der Waals surface area contributed by atoms with Crippen LogP contribution in [0.15, 0.2) is 46.6 Å². The summed E-state index contributed by atoms with van der Waals surface area (Å²) >= 11 is 13.1. The number of imide groups is 1. The van der Waals surface area contributed by atoms with Crippen molar-refractivity contribution >= 4 is 63.8 Å². The number of nitrogens with two attached hydrogens (primary N) is 1. The predicted molar refractivity (Wildman–Crippen MR) is 117 cm³/mol. The van der Waals surface area contributed by atoms with Crippen molar-refractivity contribution < 1.29 is 19.1 Å². The normalized spacial score (nSPS) is 18.7. The van der Waals surface area contributed by atoms with Crippen LogP contribution in [0.5, 0.6) is 11.5 Å². The third-order valence-corrected chi connectivity index (χ3v) is 5.81. The molecule has 8 nitrogen and oxygen atoms in total. The van der Waals surface area contributed by atoms with Crippen molar-refractivity contribution in [3.63, 3.8) is 0 Å². The number of fused-ring (bicyclic) bond motifs is 1. The number of benzene rings is 2. The van der Waals surface area contributed by atoms with Gasteiger partial charge in [0.2, 0.25) is 18.6 Å². The van der Waals surface area contributed by atoms with E-state index in [9.17, 15) is 9.59 Å². The first kappa shape index (κ1) is 20.5. The van der Waals surface area contributed by atoms with Crippen LogP contribution in [0.1, 0.15) is 12.0 Å². The molecular formula is C19H14Cl2N4O4S. The highest BCUT2D eigenvalue weighted by Crippen LogP contribution is 2.35. The zero-order valence-electron chi connectivity index (χ0n) is 15.2. The van der Waals surface area contributed by atoms with Crippen LogP contribution >= 0.6 is 35.0 Å². The van der Waals surface area contributed by atoms with E-state index in [4.69, 9.17) is 38.4 Å². The zero-order valence-corrected chi connectivity index (χ0v) is 17.6. The first-order chi connectivity index (χ1) is 14.4. The van der Waals surface area contributed by atoms with Crippen molar-refractivity contribution in [3.8, 4) is 11.5 Å². The molecule has 1 unspecified atom stereocenters. The fraction of sp³-hybridized carbons (Fsp3) is 0.158. The quantitative estimate of drug-likeness (QED) is 0.321. The molecule has 2 amide bonds. The fourth-order valence-corrected chi connectivity index (χ4v) is 4.11. The minimum Gasteiger partial charge on any atom is -0.454 e. The van der Waals surface area contributed by atoms with E-state index in [1.807, 2.05) is 0 Å². The maximum Gasteiger partial charge on any atom is 0.247 e. The predicted octanol–water partition coefficient (Wildman–Crippen LogP) is 3.44. The first-order valence-electron chi connectivity index (χ1n) is 8.67. The molecule has 2 aromatic carbocycles. The summed E-state index contributed by atoms with van der Waals surface area (Å²) in [6.07, 6.45) is 1.46. The number of thioether (sulfide) groups is 1. The van der Waals surface area contributed by atoms with Gasteiger partial charge in [0.05, 0.1) is 16.9 Å². The zero-order chi connectivity index (χ0) is 21.3. The maximum absolute atomic E-state index is 12.7. The molecule has 1 saturated heterocycles. The van der Waals surface area contributed by atoms with Gasteiger partial charge in [-0.25, -0.2) is 4.90 Å². The Balaban J connectivity index is 1.43. The lowest BCUT2D eigenvalue weighted by molar-refractivity contribution is -0.121. The molecule has 2 N–H and O–H groups in total. The number of anilines is 1. The SMILES string of the molecule is NC(=NN=Cc1ccc2c(c1)OCO2)SC1CC(=O)N(c2cc(Cl)ccc2Cl)C1=O. The van der Waals surface area contributed by atoms with Gasteiger partial charge in [-0.15, -0.1) is 5.10 Å². The topological polar surface area (TPSA) is 107 Å². The van der Waals surface area contributed by atoms with E-state index in [1.54, 1.807) is 24.3 Å². The Hall–Kier alpha value is -2.75. The molecule has 2 aliphatic heterocycles. The van der Waals surface area contributed by atoms with Gasteiger partial charge in [-0.3, -0.25) is 9.59 Å². The van der Waals surface area contributed by atoms with Gasteiger partial charge in [-0.2, -0.15) is 5.10 Å². The number of rotatable bonds is 4. The lowest BCUT2D eigenvalue weighted by Gasteiger charge is -2.16. The Morgan fingerprint density at radius 3 is 2.80 bits per heavy atom. The van der Waals surface area contributed by atoms with E-state index >= 15 is 0 Å². The van der Waals surface area contributed by atoms with Crippen molar-refractivity contribution in [2.75, 3.05) is 11.7 Å². The molecule has 154 valence electrons. The van der Waals surface area contributed by atoms with Gasteiger partial charge in [-0.1, -0.05) is 35.0 Å². The molecule has 0 spiro atoms. The number of hydrogen-bond donors (Lipinski definition) is 1.